The normalized spacial score (nSPS) is 16.2. The molecule has 0 radical (unpaired) electrons. The Balaban J connectivity index is 1.72. The smallest absolute Gasteiger partial charge is 0.313 e. The molecular weight excluding hydrogens is 575 g/mol. The zero-order valence-corrected chi connectivity index (χ0v) is 22.2. The fraction of sp³-hybridized carbons (Fsp3) is 0.143. The molecule has 5 nitrogen and oxygen atoms in total. The lowest BCUT2D eigenvalue weighted by molar-refractivity contribution is -0.0390. The minimum atomic E-state index is -5.63. The summed E-state index contributed by atoms with van der Waals surface area (Å²) in [7, 11) is -9.02. The topological polar surface area (TPSA) is 61.8 Å². The molecule has 0 aliphatic carbocycles. The molecule has 1 atom stereocenters. The number of rotatable bonds is 8. The van der Waals surface area contributed by atoms with Crippen LogP contribution in [0.2, 0.25) is 0 Å². The van der Waals surface area contributed by atoms with Gasteiger partial charge in [-0.3, -0.25) is 0 Å². The second-order valence-corrected chi connectivity index (χ2v) is 13.0. The third-order valence-electron chi connectivity index (χ3n) is 6.07. The van der Waals surface area contributed by atoms with Gasteiger partial charge in [0.15, 0.2) is 34.5 Å². The Bertz CT molecular complexity index is 1540. The summed E-state index contributed by atoms with van der Waals surface area (Å²) in [5, 5.41) is 0. The molecule has 1 fully saturated rings. The zero-order chi connectivity index (χ0) is 28.5. The number of hydrogen-bond donors (Lipinski definition) is 0. The molecule has 0 spiro atoms. The van der Waals surface area contributed by atoms with Crippen molar-refractivity contribution in [3.05, 3.63) is 114 Å². The van der Waals surface area contributed by atoms with E-state index >= 15 is 0 Å². The van der Waals surface area contributed by atoms with Crippen LogP contribution in [0, 0.1) is 29.1 Å². The first-order valence-electron chi connectivity index (χ1n) is 11.9. The third kappa shape index (κ3) is 5.07. The van der Waals surface area contributed by atoms with Crippen molar-refractivity contribution in [1.29, 1.82) is 0 Å². The highest BCUT2D eigenvalue weighted by atomic mass is 32.3. The van der Waals surface area contributed by atoms with Crippen molar-refractivity contribution in [2.45, 2.75) is 38.7 Å². The van der Waals surface area contributed by atoms with E-state index in [1.54, 1.807) is 72.8 Å². The van der Waals surface area contributed by atoms with Crippen LogP contribution in [0.25, 0.3) is 0 Å². The van der Waals surface area contributed by atoms with Crippen molar-refractivity contribution in [2.75, 3.05) is 6.61 Å². The summed E-state index contributed by atoms with van der Waals surface area (Å²) in [5.74, 6) is -11.9. The second kappa shape index (κ2) is 11.2. The fourth-order valence-electron chi connectivity index (χ4n) is 4.23. The molecule has 4 aromatic rings. The van der Waals surface area contributed by atoms with Crippen LogP contribution >= 0.6 is 10.3 Å². The summed E-state index contributed by atoms with van der Waals surface area (Å²) < 4.78 is 115. The highest BCUT2D eigenvalue weighted by Crippen LogP contribution is 2.70. The minimum Gasteiger partial charge on any atom is -0.465 e. The molecule has 0 amide bonds. The van der Waals surface area contributed by atoms with Gasteiger partial charge in [0.1, 0.15) is 5.75 Å². The molecular formula is C28H21F5O5S2. The molecule has 5 rings (SSSR count). The summed E-state index contributed by atoms with van der Waals surface area (Å²) >= 11 is 0. The first-order valence-corrected chi connectivity index (χ1v) is 14.9. The molecule has 1 aliphatic heterocycles. The summed E-state index contributed by atoms with van der Waals surface area (Å²) in [6, 6.07) is 22.1. The van der Waals surface area contributed by atoms with E-state index in [0.717, 1.165) is 6.42 Å². The van der Waals surface area contributed by atoms with Crippen LogP contribution in [-0.4, -0.2) is 21.3 Å². The van der Waals surface area contributed by atoms with Gasteiger partial charge in [0, 0.05) is 21.1 Å². The quantitative estimate of drug-likeness (QED) is 0.120. The zero-order valence-electron chi connectivity index (χ0n) is 20.5. The Morgan fingerprint density at radius 1 is 0.650 bits per heavy atom. The molecule has 1 heterocycles. The molecule has 1 aliphatic rings. The van der Waals surface area contributed by atoms with Crippen LogP contribution in [0.3, 0.4) is 0 Å². The van der Waals surface area contributed by atoms with Crippen LogP contribution in [0.5, 0.6) is 5.75 Å². The molecule has 40 heavy (non-hydrogen) atoms. The van der Waals surface area contributed by atoms with Gasteiger partial charge in [0.2, 0.25) is 5.82 Å². The maximum Gasteiger partial charge on any atom is 0.313 e. The Hall–Kier alpha value is -3.45. The number of benzene rings is 4. The fourth-order valence-corrected chi connectivity index (χ4v) is 9.55. The van der Waals surface area contributed by atoms with Crippen molar-refractivity contribution < 1.29 is 43.5 Å². The van der Waals surface area contributed by atoms with Gasteiger partial charge in [-0.25, -0.2) is 25.6 Å². The van der Waals surface area contributed by atoms with E-state index in [2.05, 4.69) is 0 Å². The number of ether oxygens (including phenoxy) is 2. The molecule has 0 saturated carbocycles. The first kappa shape index (κ1) is 28.1. The van der Waals surface area contributed by atoms with Crippen molar-refractivity contribution in [3.63, 3.8) is 0 Å². The van der Waals surface area contributed by atoms with Crippen LogP contribution in [-0.2, 0) is 18.5 Å². The Labute approximate surface area is 228 Å². The summed E-state index contributed by atoms with van der Waals surface area (Å²) in [6.07, 6.45) is 1.08. The van der Waals surface area contributed by atoms with E-state index in [-0.39, 0.29) is 14.7 Å². The number of halogens is 5. The molecule has 210 valence electrons. The Kier molecular flexibility index (Phi) is 7.87. The van der Waals surface area contributed by atoms with E-state index in [0.29, 0.717) is 18.8 Å². The van der Waals surface area contributed by atoms with Gasteiger partial charge in [-0.15, -0.1) is 0 Å². The van der Waals surface area contributed by atoms with Crippen molar-refractivity contribution in [3.8, 4) is 5.75 Å². The molecule has 0 bridgehead atoms. The van der Waals surface area contributed by atoms with Gasteiger partial charge in [0.05, 0.1) is 6.61 Å². The molecule has 0 aromatic heterocycles. The predicted octanol–water partition coefficient (Wildman–Crippen LogP) is 7.50. The second-order valence-electron chi connectivity index (χ2n) is 8.64. The lowest BCUT2D eigenvalue weighted by Crippen LogP contribution is -2.19. The van der Waals surface area contributed by atoms with E-state index in [1.807, 2.05) is 0 Å². The van der Waals surface area contributed by atoms with E-state index < -0.39 is 60.7 Å². The lowest BCUT2D eigenvalue weighted by atomic mass is 10.3. The van der Waals surface area contributed by atoms with Crippen LogP contribution in [0.1, 0.15) is 12.8 Å². The Morgan fingerprint density at radius 3 is 1.60 bits per heavy atom. The van der Waals surface area contributed by atoms with E-state index in [9.17, 15) is 30.4 Å². The van der Waals surface area contributed by atoms with E-state index in [1.165, 1.54) is 12.1 Å². The predicted molar refractivity (Wildman–Crippen MR) is 136 cm³/mol. The standard InChI is InChI=1S/C28H21F5O5S2/c29-23-24(30)26(32)28(27(33)25(23)31)40(34,35)38-39(19-8-3-1-4-9-19,20-10-5-2-6-11-20)21-15-13-18(14-16-21)37-22-12-7-17-36-22/h1-6,8-11,13-16,22H,7,12,17H2. The molecule has 12 heteroatoms. The minimum absolute atomic E-state index is 0.247. The van der Waals surface area contributed by atoms with Crippen molar-refractivity contribution in [1.82, 2.24) is 0 Å². The molecule has 1 saturated heterocycles. The molecule has 4 aromatic carbocycles. The van der Waals surface area contributed by atoms with Gasteiger partial charge in [-0.1, -0.05) is 36.4 Å². The van der Waals surface area contributed by atoms with Crippen LogP contribution in [0.4, 0.5) is 22.0 Å². The van der Waals surface area contributed by atoms with Crippen LogP contribution in [0.15, 0.2) is 105 Å². The summed E-state index contributed by atoms with van der Waals surface area (Å²) in [6.45, 7) is 0.557. The van der Waals surface area contributed by atoms with Gasteiger partial charge in [-0.05, 0) is 65.3 Å². The SMILES string of the molecule is O=S(=O)(OS(c1ccccc1)(c1ccccc1)c1ccc(OC2CCCO2)cc1)c1c(F)c(F)c(F)c(F)c1F. The average Bonchev–Trinajstić information content (AvgIpc) is 3.48. The Morgan fingerprint density at radius 2 is 1.12 bits per heavy atom. The first-order chi connectivity index (χ1) is 19.1. The molecule has 1 unspecified atom stereocenters. The van der Waals surface area contributed by atoms with Gasteiger partial charge >= 0.3 is 10.1 Å². The molecule has 0 N–H and O–H groups in total. The largest absolute Gasteiger partial charge is 0.465 e. The number of hydrogen-bond acceptors (Lipinski definition) is 5. The maximum atomic E-state index is 14.7. The highest BCUT2D eigenvalue weighted by Gasteiger charge is 2.42. The average molecular weight is 597 g/mol. The van der Waals surface area contributed by atoms with Gasteiger partial charge in [0.25, 0.3) is 0 Å². The van der Waals surface area contributed by atoms with E-state index in [4.69, 9.17) is 13.1 Å². The summed E-state index contributed by atoms with van der Waals surface area (Å²) in [4.78, 5) is -1.27. The van der Waals surface area contributed by atoms with Gasteiger partial charge in [-0.2, -0.15) is 8.42 Å². The van der Waals surface area contributed by atoms with Crippen molar-refractivity contribution >= 4 is 20.4 Å². The highest BCUT2D eigenvalue weighted by molar-refractivity contribution is 8.33. The summed E-state index contributed by atoms with van der Waals surface area (Å²) in [5.41, 5.74) is 0. The van der Waals surface area contributed by atoms with Gasteiger partial charge < -0.3 is 9.47 Å². The third-order valence-corrected chi connectivity index (χ3v) is 11.3. The monoisotopic (exact) mass is 596 g/mol. The maximum absolute atomic E-state index is 14.7. The lowest BCUT2D eigenvalue weighted by Gasteiger charge is -2.39. The van der Waals surface area contributed by atoms with Crippen molar-refractivity contribution in [2.24, 2.45) is 0 Å². The van der Waals surface area contributed by atoms with Crippen LogP contribution < -0.4 is 4.74 Å².